The topological polar surface area (TPSA) is 52.0 Å². The smallest absolute Gasteiger partial charge is 0.230 e. The number of anilines is 1. The van der Waals surface area contributed by atoms with E-state index in [1.54, 1.807) is 18.2 Å². The number of benzene rings is 2. The van der Waals surface area contributed by atoms with E-state index >= 15 is 0 Å². The van der Waals surface area contributed by atoms with Gasteiger partial charge in [-0.2, -0.15) is 0 Å². The van der Waals surface area contributed by atoms with Gasteiger partial charge in [0.1, 0.15) is 5.69 Å². The molecule has 0 fully saturated rings. The van der Waals surface area contributed by atoms with E-state index in [0.717, 1.165) is 16.7 Å². The maximum Gasteiger partial charge on any atom is 0.230 e. The van der Waals surface area contributed by atoms with Crippen molar-refractivity contribution in [2.24, 2.45) is 0 Å². The van der Waals surface area contributed by atoms with Gasteiger partial charge in [0.25, 0.3) is 0 Å². The number of aromatic nitrogens is 1. The molecule has 0 atom stereocenters. The van der Waals surface area contributed by atoms with Gasteiger partial charge in [0.15, 0.2) is 0 Å². The van der Waals surface area contributed by atoms with Gasteiger partial charge in [0.2, 0.25) is 5.88 Å². The minimum Gasteiger partial charge on any atom is -0.367 e. The van der Waals surface area contributed by atoms with Gasteiger partial charge in [-0.3, -0.25) is 0 Å². The van der Waals surface area contributed by atoms with Crippen LogP contribution in [-0.2, 0) is 0 Å². The summed E-state index contributed by atoms with van der Waals surface area (Å²) in [5.74, 6) is 0.266. The third kappa shape index (κ3) is 2.38. The highest BCUT2D eigenvalue weighted by Gasteiger charge is 2.17. The molecule has 0 amide bonds. The quantitative estimate of drug-likeness (QED) is 0.732. The van der Waals surface area contributed by atoms with Crippen molar-refractivity contribution in [1.29, 1.82) is 0 Å². The third-order valence-electron chi connectivity index (χ3n) is 2.92. The number of nitrogens with two attached hydrogens (primary N) is 1. The molecule has 2 N–H and O–H groups in total. The van der Waals surface area contributed by atoms with Crippen LogP contribution in [0.4, 0.5) is 5.88 Å². The van der Waals surface area contributed by atoms with Crippen LogP contribution in [0.1, 0.15) is 0 Å². The lowest BCUT2D eigenvalue weighted by Gasteiger charge is -2.04. The van der Waals surface area contributed by atoms with Crippen molar-refractivity contribution >= 4 is 29.1 Å². The fourth-order valence-electron chi connectivity index (χ4n) is 2.07. The Balaban J connectivity index is 2.21. The largest absolute Gasteiger partial charge is 0.367 e. The van der Waals surface area contributed by atoms with Crippen molar-refractivity contribution < 1.29 is 4.52 Å². The molecule has 3 aromatic rings. The normalized spacial score (nSPS) is 10.7. The zero-order valence-electron chi connectivity index (χ0n) is 10.3. The molecule has 0 radical (unpaired) electrons. The molecule has 0 aliphatic carbocycles. The molecule has 1 aromatic heterocycles. The minimum atomic E-state index is 0.266. The van der Waals surface area contributed by atoms with Gasteiger partial charge in [0.05, 0.1) is 5.56 Å². The van der Waals surface area contributed by atoms with Gasteiger partial charge in [-0.25, -0.2) is 0 Å². The van der Waals surface area contributed by atoms with E-state index in [0.29, 0.717) is 15.7 Å². The molecule has 0 saturated carbocycles. The molecule has 0 spiro atoms. The predicted octanol–water partition coefficient (Wildman–Crippen LogP) is 4.90. The first-order valence-electron chi connectivity index (χ1n) is 5.92. The van der Waals surface area contributed by atoms with E-state index in [4.69, 9.17) is 33.5 Å². The second-order valence-corrected chi connectivity index (χ2v) is 5.17. The summed E-state index contributed by atoms with van der Waals surface area (Å²) in [7, 11) is 0. The first kappa shape index (κ1) is 13.0. The average molecular weight is 305 g/mol. The molecule has 20 heavy (non-hydrogen) atoms. The SMILES string of the molecule is Nc1onc(-c2cc(Cl)cc(Cl)c2)c1-c1ccccc1. The van der Waals surface area contributed by atoms with Gasteiger partial charge >= 0.3 is 0 Å². The van der Waals surface area contributed by atoms with Crippen molar-refractivity contribution in [2.75, 3.05) is 5.73 Å². The number of rotatable bonds is 2. The number of nitrogens with zero attached hydrogens (tertiary/aromatic N) is 1. The van der Waals surface area contributed by atoms with Crippen LogP contribution < -0.4 is 5.73 Å². The van der Waals surface area contributed by atoms with E-state index in [1.807, 2.05) is 30.3 Å². The Kier molecular flexibility index (Phi) is 3.38. The average Bonchev–Trinajstić information content (AvgIpc) is 2.80. The molecule has 3 nitrogen and oxygen atoms in total. The summed E-state index contributed by atoms with van der Waals surface area (Å²) in [6.07, 6.45) is 0. The monoisotopic (exact) mass is 304 g/mol. The molecule has 100 valence electrons. The lowest BCUT2D eigenvalue weighted by Crippen LogP contribution is -1.87. The van der Waals surface area contributed by atoms with Gasteiger partial charge in [0, 0.05) is 15.6 Å². The Labute approximate surface area is 125 Å². The lowest BCUT2D eigenvalue weighted by molar-refractivity contribution is 0.439. The Hall–Kier alpha value is -1.97. The standard InChI is InChI=1S/C15H10Cl2N2O/c16-11-6-10(7-12(17)8-11)14-13(15(18)20-19-14)9-4-2-1-3-5-9/h1-8H,18H2. The van der Waals surface area contributed by atoms with Crippen LogP contribution in [0, 0.1) is 0 Å². The van der Waals surface area contributed by atoms with Crippen LogP contribution in [0.3, 0.4) is 0 Å². The molecule has 0 bridgehead atoms. The lowest BCUT2D eigenvalue weighted by atomic mass is 10.0. The third-order valence-corrected chi connectivity index (χ3v) is 3.35. The summed E-state index contributed by atoms with van der Waals surface area (Å²) in [6, 6.07) is 14.9. The number of hydrogen-bond donors (Lipinski definition) is 1. The summed E-state index contributed by atoms with van der Waals surface area (Å²) in [5, 5.41) is 5.10. The predicted molar refractivity (Wildman–Crippen MR) is 81.8 cm³/mol. The highest BCUT2D eigenvalue weighted by Crippen LogP contribution is 2.37. The highest BCUT2D eigenvalue weighted by molar-refractivity contribution is 6.35. The number of halogens is 2. The molecule has 0 saturated heterocycles. The van der Waals surface area contributed by atoms with E-state index in [1.165, 1.54) is 0 Å². The molecule has 0 aliphatic rings. The molecular weight excluding hydrogens is 295 g/mol. The Bertz CT molecular complexity index is 734. The maximum atomic E-state index is 6.03. The summed E-state index contributed by atoms with van der Waals surface area (Å²) < 4.78 is 5.13. The number of hydrogen-bond acceptors (Lipinski definition) is 3. The summed E-state index contributed by atoms with van der Waals surface area (Å²) in [4.78, 5) is 0. The molecule has 0 aliphatic heterocycles. The Morgan fingerprint density at radius 2 is 1.55 bits per heavy atom. The van der Waals surface area contributed by atoms with E-state index < -0.39 is 0 Å². The first-order valence-corrected chi connectivity index (χ1v) is 6.68. The van der Waals surface area contributed by atoms with E-state index in [-0.39, 0.29) is 5.88 Å². The molecule has 1 heterocycles. The summed E-state index contributed by atoms with van der Waals surface area (Å²) >= 11 is 12.1. The molecule has 2 aromatic carbocycles. The van der Waals surface area contributed by atoms with Crippen LogP contribution in [0.25, 0.3) is 22.4 Å². The number of nitrogen functional groups attached to an aromatic ring is 1. The minimum absolute atomic E-state index is 0.266. The second kappa shape index (κ2) is 5.19. The van der Waals surface area contributed by atoms with Crippen molar-refractivity contribution in [3.8, 4) is 22.4 Å². The summed E-state index contributed by atoms with van der Waals surface area (Å²) in [5.41, 5.74) is 8.95. The molecule has 5 heteroatoms. The Morgan fingerprint density at radius 1 is 0.900 bits per heavy atom. The molecule has 3 rings (SSSR count). The summed E-state index contributed by atoms with van der Waals surface area (Å²) in [6.45, 7) is 0. The van der Waals surface area contributed by atoms with Crippen molar-refractivity contribution in [2.45, 2.75) is 0 Å². The second-order valence-electron chi connectivity index (χ2n) is 4.29. The zero-order valence-corrected chi connectivity index (χ0v) is 11.8. The molecular formula is C15H10Cl2N2O. The molecule has 0 unspecified atom stereocenters. The van der Waals surface area contributed by atoms with Crippen molar-refractivity contribution in [3.05, 3.63) is 58.6 Å². The van der Waals surface area contributed by atoms with Gasteiger partial charge in [-0.15, -0.1) is 0 Å². The van der Waals surface area contributed by atoms with Crippen LogP contribution in [-0.4, -0.2) is 5.16 Å². The van der Waals surface area contributed by atoms with Gasteiger partial charge < -0.3 is 10.3 Å². The fraction of sp³-hybridized carbons (Fsp3) is 0. The van der Waals surface area contributed by atoms with Crippen LogP contribution in [0.5, 0.6) is 0 Å². The Morgan fingerprint density at radius 3 is 2.20 bits per heavy atom. The van der Waals surface area contributed by atoms with E-state index in [2.05, 4.69) is 5.16 Å². The van der Waals surface area contributed by atoms with Crippen molar-refractivity contribution in [1.82, 2.24) is 5.16 Å². The van der Waals surface area contributed by atoms with Gasteiger partial charge in [-0.05, 0) is 23.8 Å². The maximum absolute atomic E-state index is 6.03. The van der Waals surface area contributed by atoms with Crippen molar-refractivity contribution in [3.63, 3.8) is 0 Å². The van der Waals surface area contributed by atoms with Crippen LogP contribution >= 0.6 is 23.2 Å². The highest BCUT2D eigenvalue weighted by atomic mass is 35.5. The fourth-order valence-corrected chi connectivity index (χ4v) is 2.60. The first-order chi connectivity index (χ1) is 9.65. The van der Waals surface area contributed by atoms with E-state index in [9.17, 15) is 0 Å². The van der Waals surface area contributed by atoms with Gasteiger partial charge in [-0.1, -0.05) is 58.7 Å². The van der Waals surface area contributed by atoms with Crippen LogP contribution in [0.2, 0.25) is 10.0 Å². The van der Waals surface area contributed by atoms with Crippen LogP contribution in [0.15, 0.2) is 53.1 Å². The zero-order chi connectivity index (χ0) is 14.1.